The molecule has 8 heteroatoms. The van der Waals surface area contributed by atoms with E-state index in [9.17, 15) is 29.4 Å². The van der Waals surface area contributed by atoms with Crippen LogP contribution in [0.15, 0.2) is 89.7 Å². The highest BCUT2D eigenvalue weighted by atomic mass is 16.5. The van der Waals surface area contributed by atoms with E-state index in [1.54, 1.807) is 12.1 Å². The minimum atomic E-state index is -1.18. The maximum Gasteiger partial charge on any atom is 0.336 e. The summed E-state index contributed by atoms with van der Waals surface area (Å²) in [5, 5.41) is 18.5. The predicted molar refractivity (Wildman–Crippen MR) is 143 cm³/mol. The van der Waals surface area contributed by atoms with E-state index in [4.69, 9.17) is 9.47 Å². The van der Waals surface area contributed by atoms with Crippen LogP contribution < -0.4 is 9.47 Å². The maximum absolute atomic E-state index is 11.4. The minimum absolute atomic E-state index is 0.0365. The zero-order valence-electron chi connectivity index (χ0n) is 21.3. The van der Waals surface area contributed by atoms with Crippen LogP contribution >= 0.6 is 0 Å². The van der Waals surface area contributed by atoms with Crippen LogP contribution in [0.5, 0.6) is 17.2 Å². The SMILES string of the molecule is CC(C)(c1ccc(OC2=CC(C(=O)O)=C(C=O)CC2)cc1)c1ccc(Oc2ccc(C(=O)O)c(C=O)c2)cc1. The highest BCUT2D eigenvalue weighted by Gasteiger charge is 2.24. The van der Waals surface area contributed by atoms with E-state index in [1.807, 2.05) is 36.4 Å². The third kappa shape index (κ3) is 5.96. The summed E-state index contributed by atoms with van der Waals surface area (Å²) in [6.07, 6.45) is 3.21. The Morgan fingerprint density at radius 1 is 0.744 bits per heavy atom. The smallest absolute Gasteiger partial charge is 0.336 e. The number of carbonyl (C=O) groups excluding carboxylic acids is 2. The van der Waals surface area contributed by atoms with Gasteiger partial charge in [0.2, 0.25) is 0 Å². The molecule has 0 saturated heterocycles. The van der Waals surface area contributed by atoms with Crippen molar-refractivity contribution < 1.29 is 38.9 Å². The molecule has 0 aliphatic heterocycles. The second-order valence-electron chi connectivity index (χ2n) is 9.52. The van der Waals surface area contributed by atoms with Gasteiger partial charge in [0.15, 0.2) is 6.29 Å². The van der Waals surface area contributed by atoms with Crippen LogP contribution in [0.25, 0.3) is 0 Å². The van der Waals surface area contributed by atoms with E-state index >= 15 is 0 Å². The van der Waals surface area contributed by atoms with Crippen molar-refractivity contribution >= 4 is 24.5 Å². The molecule has 3 aromatic rings. The van der Waals surface area contributed by atoms with Gasteiger partial charge in [0.05, 0.1) is 11.1 Å². The molecule has 0 heterocycles. The number of ether oxygens (including phenoxy) is 2. The molecule has 39 heavy (non-hydrogen) atoms. The Morgan fingerprint density at radius 3 is 1.82 bits per heavy atom. The van der Waals surface area contributed by atoms with E-state index in [0.29, 0.717) is 48.4 Å². The number of benzene rings is 3. The molecule has 0 unspecified atom stereocenters. The van der Waals surface area contributed by atoms with Gasteiger partial charge in [0.25, 0.3) is 0 Å². The molecule has 0 bridgehead atoms. The van der Waals surface area contributed by atoms with Gasteiger partial charge in [-0.05, 0) is 66.1 Å². The van der Waals surface area contributed by atoms with E-state index in [1.165, 1.54) is 24.3 Å². The first-order valence-electron chi connectivity index (χ1n) is 12.1. The summed E-state index contributed by atoms with van der Waals surface area (Å²) < 4.78 is 11.7. The number of allylic oxidation sites excluding steroid dienone is 2. The second kappa shape index (κ2) is 11.2. The zero-order chi connectivity index (χ0) is 28.2. The van der Waals surface area contributed by atoms with Crippen LogP contribution in [0.1, 0.15) is 58.5 Å². The van der Waals surface area contributed by atoms with Gasteiger partial charge in [-0.25, -0.2) is 9.59 Å². The standard InChI is InChI=1S/C31H26O8/c1-31(2,21-4-9-23(10-5-21)38-25-13-14-27(29(34)35)20(15-25)18-33)22-6-11-24(12-7-22)39-26-8-3-19(17-32)28(16-26)30(36)37/h4-7,9-18H,3,8H2,1-2H3,(H,34,35)(H,36,37). The first-order valence-corrected chi connectivity index (χ1v) is 12.1. The molecule has 2 N–H and O–H groups in total. The number of aldehydes is 2. The second-order valence-corrected chi connectivity index (χ2v) is 9.52. The zero-order valence-corrected chi connectivity index (χ0v) is 21.3. The monoisotopic (exact) mass is 526 g/mol. The fourth-order valence-corrected chi connectivity index (χ4v) is 4.35. The first kappa shape index (κ1) is 27.1. The lowest BCUT2D eigenvalue weighted by atomic mass is 9.78. The van der Waals surface area contributed by atoms with Crippen LogP contribution in [-0.2, 0) is 15.0 Å². The number of aliphatic carboxylic acids is 1. The summed E-state index contributed by atoms with van der Waals surface area (Å²) in [4.78, 5) is 45.0. The fraction of sp³-hybridized carbons (Fsp3) is 0.161. The van der Waals surface area contributed by atoms with Crippen LogP contribution in [0.2, 0.25) is 0 Å². The average Bonchev–Trinajstić information content (AvgIpc) is 2.93. The number of hydrogen-bond acceptors (Lipinski definition) is 6. The van der Waals surface area contributed by atoms with Crippen molar-refractivity contribution in [2.45, 2.75) is 32.1 Å². The first-order chi connectivity index (χ1) is 18.6. The molecule has 0 amide bonds. The van der Waals surface area contributed by atoms with Crippen molar-refractivity contribution in [3.63, 3.8) is 0 Å². The Morgan fingerprint density at radius 2 is 1.31 bits per heavy atom. The number of carboxylic acids is 2. The number of rotatable bonds is 10. The Balaban J connectivity index is 1.47. The van der Waals surface area contributed by atoms with Crippen molar-refractivity contribution in [2.24, 2.45) is 0 Å². The van der Waals surface area contributed by atoms with Gasteiger partial charge in [0, 0.05) is 23.0 Å². The number of carboxylic acid groups (broad SMARTS) is 2. The molecule has 0 fully saturated rings. The molecule has 0 aromatic heterocycles. The lowest BCUT2D eigenvalue weighted by Crippen LogP contribution is -2.18. The molecule has 0 spiro atoms. The lowest BCUT2D eigenvalue weighted by molar-refractivity contribution is -0.132. The molecule has 0 radical (unpaired) electrons. The third-order valence-corrected chi connectivity index (χ3v) is 6.68. The van der Waals surface area contributed by atoms with Crippen LogP contribution in [0.3, 0.4) is 0 Å². The van der Waals surface area contributed by atoms with Gasteiger partial charge in [-0.3, -0.25) is 9.59 Å². The Hall–Kier alpha value is -4.98. The normalized spacial score (nSPS) is 13.3. The molecule has 0 atom stereocenters. The topological polar surface area (TPSA) is 127 Å². The van der Waals surface area contributed by atoms with Gasteiger partial charge < -0.3 is 19.7 Å². The van der Waals surface area contributed by atoms with Crippen molar-refractivity contribution in [3.05, 3.63) is 112 Å². The Labute approximate surface area is 224 Å². The van der Waals surface area contributed by atoms with Gasteiger partial charge in [-0.15, -0.1) is 0 Å². The quantitative estimate of drug-likeness (QED) is 0.310. The molecule has 3 aromatic carbocycles. The van der Waals surface area contributed by atoms with Crippen molar-refractivity contribution in [3.8, 4) is 17.2 Å². The summed E-state index contributed by atoms with van der Waals surface area (Å²) in [7, 11) is 0. The molecule has 8 nitrogen and oxygen atoms in total. The Bertz CT molecular complexity index is 1490. The molecular formula is C31H26O8. The number of carbonyl (C=O) groups is 4. The van der Waals surface area contributed by atoms with Gasteiger partial charge in [0.1, 0.15) is 29.3 Å². The van der Waals surface area contributed by atoms with Crippen LogP contribution in [0.4, 0.5) is 0 Å². The number of aromatic carboxylic acids is 1. The van der Waals surface area contributed by atoms with Crippen molar-refractivity contribution in [1.29, 1.82) is 0 Å². The Kier molecular flexibility index (Phi) is 7.76. The largest absolute Gasteiger partial charge is 0.478 e. The molecule has 0 saturated carbocycles. The summed E-state index contributed by atoms with van der Waals surface area (Å²) in [6.45, 7) is 4.16. The number of hydrogen-bond donors (Lipinski definition) is 2. The van der Waals surface area contributed by atoms with E-state index in [-0.39, 0.29) is 27.7 Å². The van der Waals surface area contributed by atoms with E-state index in [0.717, 1.165) is 11.1 Å². The van der Waals surface area contributed by atoms with E-state index in [2.05, 4.69) is 13.8 Å². The van der Waals surface area contributed by atoms with E-state index < -0.39 is 11.9 Å². The van der Waals surface area contributed by atoms with Crippen molar-refractivity contribution in [2.75, 3.05) is 0 Å². The predicted octanol–water partition coefficient (Wildman–Crippen LogP) is 5.95. The fourth-order valence-electron chi connectivity index (χ4n) is 4.35. The molecular weight excluding hydrogens is 500 g/mol. The maximum atomic E-state index is 11.4. The summed E-state index contributed by atoms with van der Waals surface area (Å²) in [5.74, 6) is -0.407. The van der Waals surface area contributed by atoms with Crippen molar-refractivity contribution in [1.82, 2.24) is 0 Å². The molecule has 1 aliphatic carbocycles. The van der Waals surface area contributed by atoms with Crippen LogP contribution in [0, 0.1) is 0 Å². The minimum Gasteiger partial charge on any atom is -0.478 e. The molecule has 4 rings (SSSR count). The molecule has 1 aliphatic rings. The summed E-state index contributed by atoms with van der Waals surface area (Å²) in [6, 6.07) is 19.2. The van der Waals surface area contributed by atoms with Crippen LogP contribution in [-0.4, -0.2) is 34.7 Å². The summed E-state index contributed by atoms with van der Waals surface area (Å²) >= 11 is 0. The van der Waals surface area contributed by atoms with Gasteiger partial charge in [-0.1, -0.05) is 38.1 Å². The van der Waals surface area contributed by atoms with Gasteiger partial charge in [-0.2, -0.15) is 0 Å². The average molecular weight is 527 g/mol. The van der Waals surface area contributed by atoms with Gasteiger partial charge >= 0.3 is 11.9 Å². The molecule has 198 valence electrons. The highest BCUT2D eigenvalue weighted by molar-refractivity contribution is 5.98. The summed E-state index contributed by atoms with van der Waals surface area (Å²) in [5.41, 5.74) is 1.83. The highest BCUT2D eigenvalue weighted by Crippen LogP contribution is 2.35. The third-order valence-electron chi connectivity index (χ3n) is 6.68. The lowest BCUT2D eigenvalue weighted by Gasteiger charge is -2.26.